The molecule has 1 aliphatic carbocycles. The standard InChI is InChI=1S/C16H18N6O/c1-10-15(11(2)22-14(19-10)6-7-17-22)16(23)20-12-8-18-21(9-12)13-4-3-5-13/h6-9,13H,3-5H2,1-2H3,(H,20,23). The highest BCUT2D eigenvalue weighted by Gasteiger charge is 2.21. The van der Waals surface area contributed by atoms with Gasteiger partial charge in [-0.3, -0.25) is 9.48 Å². The van der Waals surface area contributed by atoms with Crippen molar-refractivity contribution in [3.05, 3.63) is 41.6 Å². The fraction of sp³-hybridized carbons (Fsp3) is 0.375. The zero-order chi connectivity index (χ0) is 16.0. The van der Waals surface area contributed by atoms with Gasteiger partial charge in [-0.2, -0.15) is 10.2 Å². The minimum atomic E-state index is -0.182. The molecule has 0 unspecified atom stereocenters. The molecule has 1 aliphatic rings. The summed E-state index contributed by atoms with van der Waals surface area (Å²) in [5.41, 5.74) is 3.48. The molecule has 1 saturated carbocycles. The van der Waals surface area contributed by atoms with Gasteiger partial charge in [-0.25, -0.2) is 9.50 Å². The molecule has 0 radical (unpaired) electrons. The van der Waals surface area contributed by atoms with Gasteiger partial charge in [-0.1, -0.05) is 0 Å². The number of rotatable bonds is 3. The highest BCUT2D eigenvalue weighted by atomic mass is 16.1. The van der Waals surface area contributed by atoms with Crippen molar-refractivity contribution in [1.29, 1.82) is 0 Å². The fourth-order valence-electron chi connectivity index (χ4n) is 3.01. The van der Waals surface area contributed by atoms with Gasteiger partial charge in [0, 0.05) is 12.3 Å². The molecule has 0 spiro atoms. The van der Waals surface area contributed by atoms with Crippen LogP contribution >= 0.6 is 0 Å². The molecule has 7 heteroatoms. The number of aryl methyl sites for hydroxylation is 2. The lowest BCUT2D eigenvalue weighted by Crippen LogP contribution is -2.19. The number of amides is 1. The lowest BCUT2D eigenvalue weighted by molar-refractivity contribution is 0.102. The Balaban J connectivity index is 1.62. The molecular formula is C16H18N6O. The summed E-state index contributed by atoms with van der Waals surface area (Å²) in [7, 11) is 0. The summed E-state index contributed by atoms with van der Waals surface area (Å²) >= 11 is 0. The number of anilines is 1. The number of aromatic nitrogens is 5. The van der Waals surface area contributed by atoms with E-state index in [-0.39, 0.29) is 5.91 Å². The van der Waals surface area contributed by atoms with Gasteiger partial charge in [-0.15, -0.1) is 0 Å². The average Bonchev–Trinajstić information content (AvgIpc) is 3.06. The zero-order valence-electron chi connectivity index (χ0n) is 13.2. The van der Waals surface area contributed by atoms with Crippen molar-refractivity contribution in [3.8, 4) is 0 Å². The van der Waals surface area contributed by atoms with Gasteiger partial charge >= 0.3 is 0 Å². The molecule has 0 atom stereocenters. The van der Waals surface area contributed by atoms with Crippen LogP contribution in [0.3, 0.4) is 0 Å². The Morgan fingerprint density at radius 2 is 2.13 bits per heavy atom. The lowest BCUT2D eigenvalue weighted by Gasteiger charge is -2.25. The maximum Gasteiger partial charge on any atom is 0.259 e. The molecule has 23 heavy (non-hydrogen) atoms. The highest BCUT2D eigenvalue weighted by Crippen LogP contribution is 2.31. The third-order valence-electron chi connectivity index (χ3n) is 4.48. The largest absolute Gasteiger partial charge is 0.319 e. The molecule has 0 aliphatic heterocycles. The summed E-state index contributed by atoms with van der Waals surface area (Å²) in [6, 6.07) is 2.30. The van der Waals surface area contributed by atoms with E-state index < -0.39 is 0 Å². The third kappa shape index (κ3) is 2.28. The summed E-state index contributed by atoms with van der Waals surface area (Å²) in [5, 5.41) is 11.5. The first-order valence-electron chi connectivity index (χ1n) is 7.80. The topological polar surface area (TPSA) is 77.1 Å². The first kappa shape index (κ1) is 13.9. The molecule has 0 aromatic carbocycles. The van der Waals surface area contributed by atoms with Gasteiger partial charge in [0.05, 0.1) is 41.1 Å². The van der Waals surface area contributed by atoms with Crippen LogP contribution in [0.2, 0.25) is 0 Å². The number of fused-ring (bicyclic) bond motifs is 1. The fourth-order valence-corrected chi connectivity index (χ4v) is 3.01. The molecular weight excluding hydrogens is 292 g/mol. The number of nitrogens with one attached hydrogen (secondary N) is 1. The summed E-state index contributed by atoms with van der Waals surface area (Å²) < 4.78 is 3.62. The maximum absolute atomic E-state index is 12.7. The van der Waals surface area contributed by atoms with Crippen LogP contribution in [0.25, 0.3) is 5.65 Å². The van der Waals surface area contributed by atoms with Gasteiger partial charge in [0.1, 0.15) is 0 Å². The SMILES string of the molecule is Cc1nc2ccnn2c(C)c1C(=O)Nc1cnn(C2CCC2)c1. The van der Waals surface area contributed by atoms with Gasteiger partial charge in [0.25, 0.3) is 5.91 Å². The van der Waals surface area contributed by atoms with Crippen molar-refractivity contribution in [2.45, 2.75) is 39.2 Å². The number of nitrogens with zero attached hydrogens (tertiary/aromatic N) is 5. The Kier molecular flexibility index (Phi) is 3.14. The Bertz CT molecular complexity index is 889. The monoisotopic (exact) mass is 310 g/mol. The summed E-state index contributed by atoms with van der Waals surface area (Å²) in [6.07, 6.45) is 8.84. The van der Waals surface area contributed by atoms with E-state index in [2.05, 4.69) is 20.5 Å². The van der Waals surface area contributed by atoms with Crippen molar-refractivity contribution >= 4 is 17.2 Å². The first-order valence-corrected chi connectivity index (χ1v) is 7.80. The predicted octanol–water partition coefficient (Wildman–Crippen LogP) is 2.52. The van der Waals surface area contributed by atoms with E-state index in [1.165, 1.54) is 6.42 Å². The van der Waals surface area contributed by atoms with Crippen molar-refractivity contribution in [1.82, 2.24) is 24.4 Å². The summed E-state index contributed by atoms with van der Waals surface area (Å²) in [5.74, 6) is -0.182. The molecule has 1 fully saturated rings. The maximum atomic E-state index is 12.7. The second-order valence-corrected chi connectivity index (χ2v) is 6.01. The van der Waals surface area contributed by atoms with Crippen LogP contribution in [-0.2, 0) is 0 Å². The number of carbonyl (C=O) groups is 1. The number of hydrogen-bond donors (Lipinski definition) is 1. The quantitative estimate of drug-likeness (QED) is 0.806. The first-order chi connectivity index (χ1) is 11.1. The zero-order valence-corrected chi connectivity index (χ0v) is 13.2. The Labute approximate surface area is 133 Å². The van der Waals surface area contributed by atoms with Gasteiger partial charge < -0.3 is 5.32 Å². The summed E-state index contributed by atoms with van der Waals surface area (Å²) in [4.78, 5) is 17.1. The van der Waals surface area contributed by atoms with Crippen molar-refractivity contribution in [3.63, 3.8) is 0 Å². The van der Waals surface area contributed by atoms with Gasteiger partial charge in [0.2, 0.25) is 0 Å². The van der Waals surface area contributed by atoms with Crippen LogP contribution in [0, 0.1) is 13.8 Å². The molecule has 3 heterocycles. The lowest BCUT2D eigenvalue weighted by atomic mass is 9.93. The normalized spacial score (nSPS) is 14.9. The van der Waals surface area contributed by atoms with Crippen LogP contribution < -0.4 is 5.32 Å². The molecule has 4 rings (SSSR count). The van der Waals surface area contributed by atoms with Crippen LogP contribution in [0.15, 0.2) is 24.7 Å². The average molecular weight is 310 g/mol. The smallest absolute Gasteiger partial charge is 0.259 e. The van der Waals surface area contributed by atoms with Crippen molar-refractivity contribution < 1.29 is 4.79 Å². The molecule has 0 bridgehead atoms. The Hall–Kier alpha value is -2.70. The molecule has 0 saturated heterocycles. The second-order valence-electron chi connectivity index (χ2n) is 6.01. The Morgan fingerprint density at radius 1 is 1.30 bits per heavy atom. The van der Waals surface area contributed by atoms with E-state index in [1.807, 2.05) is 30.8 Å². The van der Waals surface area contributed by atoms with Crippen molar-refractivity contribution in [2.75, 3.05) is 5.32 Å². The van der Waals surface area contributed by atoms with Crippen LogP contribution in [0.5, 0.6) is 0 Å². The van der Waals surface area contributed by atoms with E-state index in [9.17, 15) is 4.79 Å². The number of carbonyl (C=O) groups excluding carboxylic acids is 1. The van der Waals surface area contributed by atoms with Crippen molar-refractivity contribution in [2.24, 2.45) is 0 Å². The Morgan fingerprint density at radius 3 is 2.87 bits per heavy atom. The summed E-state index contributed by atoms with van der Waals surface area (Å²) in [6.45, 7) is 3.72. The number of hydrogen-bond acceptors (Lipinski definition) is 4. The van der Waals surface area contributed by atoms with E-state index in [4.69, 9.17) is 0 Å². The highest BCUT2D eigenvalue weighted by molar-refractivity contribution is 6.05. The van der Waals surface area contributed by atoms with Crippen LogP contribution in [0.1, 0.15) is 47.1 Å². The molecule has 1 amide bonds. The van der Waals surface area contributed by atoms with Crippen LogP contribution in [-0.4, -0.2) is 30.3 Å². The second kappa shape index (κ2) is 5.19. The van der Waals surface area contributed by atoms with Gasteiger partial charge in [-0.05, 0) is 33.1 Å². The van der Waals surface area contributed by atoms with Gasteiger partial charge in [0.15, 0.2) is 5.65 Å². The van der Waals surface area contributed by atoms with E-state index in [0.29, 0.717) is 23.0 Å². The predicted molar refractivity (Wildman–Crippen MR) is 85.5 cm³/mol. The van der Waals surface area contributed by atoms with E-state index >= 15 is 0 Å². The third-order valence-corrected chi connectivity index (χ3v) is 4.48. The van der Waals surface area contributed by atoms with E-state index in [1.54, 1.807) is 16.9 Å². The molecule has 3 aromatic heterocycles. The minimum absolute atomic E-state index is 0.182. The molecule has 3 aromatic rings. The molecule has 7 nitrogen and oxygen atoms in total. The van der Waals surface area contributed by atoms with Crippen LogP contribution in [0.4, 0.5) is 5.69 Å². The molecule has 118 valence electrons. The van der Waals surface area contributed by atoms with E-state index in [0.717, 1.165) is 24.2 Å². The molecule has 1 N–H and O–H groups in total. The minimum Gasteiger partial charge on any atom is -0.319 e.